The molecule has 0 aromatic heterocycles. The van der Waals surface area contributed by atoms with Gasteiger partial charge in [-0.1, -0.05) is 5.22 Å². The highest BCUT2D eigenvalue weighted by Gasteiger charge is 2.59. The number of amides is 1. The van der Waals surface area contributed by atoms with Crippen molar-refractivity contribution in [3.05, 3.63) is 41.0 Å². The zero-order valence-corrected chi connectivity index (χ0v) is 39.1. The number of methoxy groups -OCH3 is 2. The second-order valence-corrected chi connectivity index (χ2v) is 18.2. The lowest BCUT2D eigenvalue weighted by atomic mass is 9.66. The Bertz CT molecular complexity index is 2340. The molecule has 6 aliphatic rings. The fraction of sp³-hybridized carbons (Fsp3) is 0.659. The first-order valence-electron chi connectivity index (χ1n) is 22.9. The number of nitrogens with one attached hydrogen (secondary N) is 1. The molecule has 1 aliphatic carbocycles. The molecule has 14 N–H and O–H groups in total. The summed E-state index contributed by atoms with van der Waals surface area (Å²) < 4.78 is 63.2. The van der Waals surface area contributed by atoms with Crippen molar-refractivity contribution in [2.24, 2.45) is 28.0 Å². The molecule has 0 saturated carbocycles. The van der Waals surface area contributed by atoms with E-state index in [0.717, 1.165) is 6.92 Å². The number of cyclic esters (lactones) is 1. The summed E-state index contributed by atoms with van der Waals surface area (Å²) in [7, 11) is 2.69. The number of aliphatic hydroxyl groups is 9. The van der Waals surface area contributed by atoms with Crippen LogP contribution in [0.4, 0.5) is 0 Å². The molecule has 8 rings (SSSR count). The Morgan fingerprint density at radius 3 is 2.12 bits per heavy atom. The van der Waals surface area contributed by atoms with Gasteiger partial charge in [-0.05, 0) is 41.0 Å². The van der Waals surface area contributed by atoms with E-state index in [-0.39, 0.29) is 30.6 Å². The number of rotatable bonds is 17. The van der Waals surface area contributed by atoms with Crippen LogP contribution in [0, 0.1) is 11.8 Å². The minimum atomic E-state index is -2.91. The molecule has 5 aliphatic heterocycles. The summed E-state index contributed by atoms with van der Waals surface area (Å²) in [5.74, 6) is -3.27. The largest absolute Gasteiger partial charge is 0.502 e. The maximum atomic E-state index is 13.7. The molecule has 29 heteroatoms. The van der Waals surface area contributed by atoms with Crippen LogP contribution in [-0.2, 0) is 47.5 Å². The van der Waals surface area contributed by atoms with Gasteiger partial charge in [-0.15, -0.1) is 0 Å². The summed E-state index contributed by atoms with van der Waals surface area (Å²) in [4.78, 5) is 38.6. The molecule has 73 heavy (non-hydrogen) atoms. The van der Waals surface area contributed by atoms with Gasteiger partial charge >= 0.3 is 11.9 Å². The van der Waals surface area contributed by atoms with E-state index in [1.165, 1.54) is 14.2 Å². The first-order chi connectivity index (χ1) is 34.8. The number of carboxylic acids is 1. The molecule has 0 spiro atoms. The van der Waals surface area contributed by atoms with Crippen LogP contribution in [0.1, 0.15) is 42.1 Å². The molecule has 4 saturated heterocycles. The third-order valence-corrected chi connectivity index (χ3v) is 13.9. The summed E-state index contributed by atoms with van der Waals surface area (Å²) in [5, 5.41) is 129. The van der Waals surface area contributed by atoms with E-state index in [1.54, 1.807) is 24.3 Å². The highest BCUT2D eigenvalue weighted by atomic mass is 16.8. The van der Waals surface area contributed by atoms with Crippen molar-refractivity contribution in [1.29, 1.82) is 0 Å². The molecule has 0 radical (unpaired) electrons. The number of ether oxygens (including phenoxy) is 11. The fourth-order valence-corrected chi connectivity index (χ4v) is 10.2. The normalized spacial score (nSPS) is 37.7. The van der Waals surface area contributed by atoms with Crippen molar-refractivity contribution in [3.8, 4) is 28.7 Å². The summed E-state index contributed by atoms with van der Waals surface area (Å²) in [6, 6.07) is 4.84. The van der Waals surface area contributed by atoms with Gasteiger partial charge in [0, 0.05) is 25.2 Å². The van der Waals surface area contributed by atoms with Crippen LogP contribution in [0.25, 0.3) is 0 Å². The maximum absolute atomic E-state index is 13.7. The molecular weight excluding hydrogens is 984 g/mol. The van der Waals surface area contributed by atoms with Crippen LogP contribution in [0.5, 0.6) is 28.7 Å². The molecule has 0 bridgehead atoms. The summed E-state index contributed by atoms with van der Waals surface area (Å²) >= 11 is 0. The third kappa shape index (κ3) is 10.2. The number of aromatic hydroxyl groups is 1. The number of nitrogens with two attached hydrogens (primary N) is 1. The number of aliphatic carboxylic acids is 1. The lowest BCUT2D eigenvalue weighted by Crippen LogP contribution is -2.68. The van der Waals surface area contributed by atoms with Crippen LogP contribution >= 0.6 is 0 Å². The molecule has 29 nitrogen and oxygen atoms in total. The molecule has 404 valence electrons. The van der Waals surface area contributed by atoms with Crippen LogP contribution in [0.15, 0.2) is 34.6 Å². The van der Waals surface area contributed by atoms with Crippen molar-refractivity contribution in [3.63, 3.8) is 0 Å². The number of hydrogen-bond acceptors (Lipinski definition) is 26. The number of carbonyl (C=O) groups excluding carboxylic acids is 2. The Kier molecular flexibility index (Phi) is 16.1. The number of esters is 1. The van der Waals surface area contributed by atoms with Gasteiger partial charge in [0.1, 0.15) is 67.1 Å². The van der Waals surface area contributed by atoms with Gasteiger partial charge in [0.05, 0.1) is 64.8 Å². The van der Waals surface area contributed by atoms with Crippen LogP contribution in [0.3, 0.4) is 0 Å². The van der Waals surface area contributed by atoms with Gasteiger partial charge in [-0.2, -0.15) is 5.11 Å². The molecule has 20 unspecified atom stereocenters. The fourth-order valence-electron chi connectivity index (χ4n) is 10.2. The van der Waals surface area contributed by atoms with Gasteiger partial charge in [0.15, 0.2) is 35.6 Å². The quantitative estimate of drug-likeness (QED) is 0.0306. The lowest BCUT2D eigenvalue weighted by Gasteiger charge is -2.48. The summed E-state index contributed by atoms with van der Waals surface area (Å²) in [5.41, 5.74) is 1.39. The Morgan fingerprint density at radius 1 is 0.877 bits per heavy atom. The van der Waals surface area contributed by atoms with E-state index in [2.05, 4.69) is 15.7 Å². The topological polar surface area (TPSA) is 438 Å². The predicted molar refractivity (Wildman–Crippen MR) is 232 cm³/mol. The SMILES string of the molecule is COc1cc(C2c3cc4c(cc3C(OC3OC(CO)C(OC5OC(COC6(C(=O)O)CC(O)C(NC(C)=O)C(C(O)C(O)CN=NN)O6)C(O)C(O)C5O)C(O)C3O)C3COC(=O)C23)OCO4)cc(OC)c1O. The second-order valence-electron chi connectivity index (χ2n) is 18.2. The molecule has 2 aromatic carbocycles. The second kappa shape index (κ2) is 21.9. The minimum absolute atomic E-state index is 0.0515. The van der Waals surface area contributed by atoms with Crippen molar-refractivity contribution in [2.45, 2.75) is 123 Å². The maximum Gasteiger partial charge on any atom is 0.364 e. The van der Waals surface area contributed by atoms with E-state index >= 15 is 0 Å². The van der Waals surface area contributed by atoms with Gasteiger partial charge < -0.3 is 119 Å². The number of fused-ring (bicyclic) bond motifs is 3. The molecule has 20 atom stereocenters. The summed E-state index contributed by atoms with van der Waals surface area (Å²) in [6.45, 7) is -1.84. The highest BCUT2D eigenvalue weighted by Crippen LogP contribution is 2.57. The number of carboxylic acid groups (broad SMARTS) is 1. The molecule has 2 aromatic rings. The van der Waals surface area contributed by atoms with Gasteiger partial charge in [-0.25, -0.2) is 4.79 Å². The van der Waals surface area contributed by atoms with Crippen molar-refractivity contribution in [1.82, 2.24) is 5.32 Å². The van der Waals surface area contributed by atoms with Crippen molar-refractivity contribution in [2.75, 3.05) is 47.4 Å². The van der Waals surface area contributed by atoms with Gasteiger partial charge in [0.25, 0.3) is 5.79 Å². The zero-order valence-electron chi connectivity index (χ0n) is 39.1. The van der Waals surface area contributed by atoms with E-state index < -0.39 is 166 Å². The lowest BCUT2D eigenvalue weighted by molar-refractivity contribution is -0.371. The Hall–Kier alpha value is -5.35. The van der Waals surface area contributed by atoms with Crippen LogP contribution in [-0.4, -0.2) is 219 Å². The Labute approximate surface area is 413 Å². The highest BCUT2D eigenvalue weighted by molar-refractivity contribution is 5.79. The molecule has 4 fully saturated rings. The van der Waals surface area contributed by atoms with Crippen LogP contribution in [0.2, 0.25) is 0 Å². The monoisotopic (exact) mass is 1040 g/mol. The van der Waals surface area contributed by atoms with E-state index in [0.29, 0.717) is 28.2 Å². The Morgan fingerprint density at radius 2 is 1.51 bits per heavy atom. The average molecular weight is 1040 g/mol. The number of benzene rings is 2. The average Bonchev–Trinajstić information content (AvgIpc) is 4.00. The predicted octanol–water partition coefficient (Wildman–Crippen LogP) is -4.74. The van der Waals surface area contributed by atoms with Gasteiger partial charge in [-0.3, -0.25) is 9.59 Å². The number of nitrogens with zero attached hydrogens (tertiary/aromatic N) is 2. The molecule has 5 heterocycles. The number of phenols is 1. The van der Waals surface area contributed by atoms with Crippen molar-refractivity contribution < 1.29 is 123 Å². The van der Waals surface area contributed by atoms with E-state index in [9.17, 15) is 70.6 Å². The number of phenolic OH excluding ortho intramolecular Hbond substituents is 1. The standard InChI is InChI=1S/C44H58N4O25/c1-14(50)47-29-19(51)8-44(43(61)62,73-39(29)30(53)20(52)9-46-48-45)68-12-26-32(55)33(56)35(58)41(70-26)72-38-25(10-49)69-42(36(59)34(38)57)71-37-17-7-22-21(66-13-67-22)6-16(17)27(28-18(37)11-65-40(28)60)15-4-23(63-2)31(54)24(5-15)64-3/h4-7,18-20,25-30,32-39,41-42,49,51-59H,8-13H2,1-3H3,(H2,45,46)(H,47,50)(H,61,62). The number of carbonyl (C=O) groups is 3. The minimum Gasteiger partial charge on any atom is -0.502 e. The zero-order chi connectivity index (χ0) is 52.8. The van der Waals surface area contributed by atoms with Crippen LogP contribution < -0.4 is 30.1 Å². The first kappa shape index (κ1) is 53.9. The molecular formula is C44H58N4O25. The van der Waals surface area contributed by atoms with Gasteiger partial charge in [0.2, 0.25) is 18.4 Å². The van der Waals surface area contributed by atoms with E-state index in [4.69, 9.17) is 57.9 Å². The number of hydrogen-bond donors (Lipinski definition) is 13. The third-order valence-electron chi connectivity index (χ3n) is 13.9. The van der Waals surface area contributed by atoms with Crippen molar-refractivity contribution >= 4 is 17.8 Å². The smallest absolute Gasteiger partial charge is 0.364 e. The summed E-state index contributed by atoms with van der Waals surface area (Å²) in [6.07, 6.45) is -29.1. The van der Waals surface area contributed by atoms with E-state index in [1.807, 2.05) is 0 Å². The first-order valence-corrected chi connectivity index (χ1v) is 22.9. The molecule has 1 amide bonds. The number of aliphatic hydroxyl groups excluding tert-OH is 9. The Balaban J connectivity index is 1.01.